The number of hydrogen-bond donors (Lipinski definition) is 0. The van der Waals surface area contributed by atoms with Gasteiger partial charge in [-0.25, -0.2) is 12.8 Å². The minimum Gasteiger partial charge on any atom is -0.341 e. The number of nitrogens with zero attached hydrogens (tertiary/aromatic N) is 2. The molecule has 0 N–H and O–H groups in total. The van der Waals surface area contributed by atoms with Crippen molar-refractivity contribution in [1.29, 1.82) is 0 Å². The van der Waals surface area contributed by atoms with Gasteiger partial charge in [0, 0.05) is 36.8 Å². The zero-order valence-corrected chi connectivity index (χ0v) is 18.3. The Morgan fingerprint density at radius 1 is 1.06 bits per heavy atom. The zero-order chi connectivity index (χ0) is 22.2. The first-order chi connectivity index (χ1) is 14.8. The van der Waals surface area contributed by atoms with Crippen molar-refractivity contribution >= 4 is 38.9 Å². The first kappa shape index (κ1) is 21.8. The monoisotopic (exact) mass is 464 g/mol. The van der Waals surface area contributed by atoms with Crippen LogP contribution in [0.2, 0.25) is 5.02 Å². The summed E-state index contributed by atoms with van der Waals surface area (Å²) in [4.78, 5) is 28.6. The number of rotatable bonds is 3. The van der Waals surface area contributed by atoms with Gasteiger partial charge in [0.05, 0.1) is 16.9 Å². The number of halogens is 2. The third-order valence-electron chi connectivity index (χ3n) is 5.92. The number of benzene rings is 2. The summed E-state index contributed by atoms with van der Waals surface area (Å²) in [6.07, 6.45) is 0.299. The summed E-state index contributed by atoms with van der Waals surface area (Å²) in [5.41, 5.74) is 1.09. The van der Waals surface area contributed by atoms with Crippen molar-refractivity contribution in [2.45, 2.75) is 18.1 Å². The van der Waals surface area contributed by atoms with Crippen LogP contribution in [0.15, 0.2) is 48.5 Å². The lowest BCUT2D eigenvalue weighted by Crippen LogP contribution is -2.39. The summed E-state index contributed by atoms with van der Waals surface area (Å²) in [5.74, 6) is -1.55. The molecule has 164 valence electrons. The van der Waals surface area contributed by atoms with Crippen molar-refractivity contribution in [3.8, 4) is 0 Å². The second-order valence-electron chi connectivity index (χ2n) is 7.87. The van der Waals surface area contributed by atoms with Crippen molar-refractivity contribution in [3.63, 3.8) is 0 Å². The standard InChI is InChI=1S/C22H22ClFN2O4S/c23-19-4-2-1-3-18(19)20-9-10-25(11-12-31(20,29)30)22(28)15-13-21(27)26(14-15)17-7-5-16(24)6-8-17/h1-8,15,20H,9-14H2. The Balaban J connectivity index is 1.48. The number of carbonyl (C=O) groups is 2. The molecule has 0 spiro atoms. The minimum absolute atomic E-state index is 0.0490. The third kappa shape index (κ3) is 4.45. The normalized spacial score (nSPS) is 23.6. The van der Waals surface area contributed by atoms with E-state index in [9.17, 15) is 22.4 Å². The van der Waals surface area contributed by atoms with Gasteiger partial charge in [-0.3, -0.25) is 9.59 Å². The van der Waals surface area contributed by atoms with E-state index in [0.29, 0.717) is 16.3 Å². The topological polar surface area (TPSA) is 74.8 Å². The molecule has 2 aromatic carbocycles. The number of sulfone groups is 1. The highest BCUT2D eigenvalue weighted by Crippen LogP contribution is 2.34. The number of anilines is 1. The average Bonchev–Trinajstić information content (AvgIpc) is 3.05. The van der Waals surface area contributed by atoms with Gasteiger partial charge in [-0.1, -0.05) is 29.8 Å². The molecule has 0 saturated carbocycles. The van der Waals surface area contributed by atoms with Gasteiger partial charge in [0.1, 0.15) is 5.82 Å². The molecule has 9 heteroatoms. The lowest BCUT2D eigenvalue weighted by molar-refractivity contribution is -0.135. The van der Waals surface area contributed by atoms with E-state index in [0.717, 1.165) is 0 Å². The minimum atomic E-state index is -3.49. The van der Waals surface area contributed by atoms with Crippen LogP contribution >= 0.6 is 11.6 Å². The van der Waals surface area contributed by atoms with Crippen molar-refractivity contribution < 1.29 is 22.4 Å². The Morgan fingerprint density at radius 3 is 2.48 bits per heavy atom. The van der Waals surface area contributed by atoms with Crippen LogP contribution < -0.4 is 4.90 Å². The molecule has 2 atom stereocenters. The summed E-state index contributed by atoms with van der Waals surface area (Å²) in [7, 11) is -3.49. The lowest BCUT2D eigenvalue weighted by atomic mass is 10.1. The molecule has 4 rings (SSSR count). The molecule has 2 aromatic rings. The maximum atomic E-state index is 13.2. The molecule has 31 heavy (non-hydrogen) atoms. The van der Waals surface area contributed by atoms with E-state index < -0.39 is 26.8 Å². The molecule has 2 heterocycles. The second kappa shape index (κ2) is 8.59. The van der Waals surface area contributed by atoms with E-state index in [-0.39, 0.29) is 50.0 Å². The van der Waals surface area contributed by atoms with Gasteiger partial charge in [0.25, 0.3) is 0 Å². The molecule has 6 nitrogen and oxygen atoms in total. The van der Waals surface area contributed by atoms with Gasteiger partial charge < -0.3 is 9.80 Å². The molecule has 2 unspecified atom stereocenters. The highest BCUT2D eigenvalue weighted by atomic mass is 35.5. The van der Waals surface area contributed by atoms with Crippen molar-refractivity contribution in [2.24, 2.45) is 5.92 Å². The second-order valence-corrected chi connectivity index (χ2v) is 10.6. The molecule has 2 aliphatic rings. The van der Waals surface area contributed by atoms with Crippen molar-refractivity contribution in [1.82, 2.24) is 4.90 Å². The van der Waals surface area contributed by atoms with Gasteiger partial charge in [-0.15, -0.1) is 0 Å². The van der Waals surface area contributed by atoms with Gasteiger partial charge in [-0.05, 0) is 42.3 Å². The third-order valence-corrected chi connectivity index (χ3v) is 8.37. The summed E-state index contributed by atoms with van der Waals surface area (Å²) >= 11 is 6.23. The molecule has 2 aliphatic heterocycles. The quantitative estimate of drug-likeness (QED) is 0.699. The molecular formula is C22H22ClFN2O4S. The fourth-order valence-electron chi connectivity index (χ4n) is 4.25. The number of amides is 2. The summed E-state index contributed by atoms with van der Waals surface area (Å²) < 4.78 is 38.9. The van der Waals surface area contributed by atoms with Crippen LogP contribution in [-0.2, 0) is 19.4 Å². The van der Waals surface area contributed by atoms with Gasteiger partial charge in [-0.2, -0.15) is 0 Å². The van der Waals surface area contributed by atoms with Crippen LogP contribution in [-0.4, -0.2) is 50.5 Å². The van der Waals surface area contributed by atoms with Crippen LogP contribution in [0.1, 0.15) is 23.7 Å². The lowest BCUT2D eigenvalue weighted by Gasteiger charge is -2.23. The molecule has 2 amide bonds. The smallest absolute Gasteiger partial charge is 0.228 e. The fourth-order valence-corrected chi connectivity index (χ4v) is 6.40. The SMILES string of the molecule is O=C(C1CC(=O)N(c2ccc(F)cc2)C1)N1CCC(c2ccccc2Cl)S(=O)(=O)CC1. The van der Waals surface area contributed by atoms with E-state index in [1.54, 1.807) is 29.2 Å². The van der Waals surface area contributed by atoms with E-state index in [2.05, 4.69) is 0 Å². The van der Waals surface area contributed by atoms with Crippen molar-refractivity contribution in [3.05, 3.63) is 64.9 Å². The van der Waals surface area contributed by atoms with Gasteiger partial charge >= 0.3 is 0 Å². The predicted molar refractivity (Wildman–Crippen MR) is 116 cm³/mol. The molecule has 2 saturated heterocycles. The molecule has 0 aromatic heterocycles. The van der Waals surface area contributed by atoms with Crippen LogP contribution in [0.4, 0.5) is 10.1 Å². The number of carbonyl (C=O) groups excluding carboxylic acids is 2. The Bertz CT molecular complexity index is 1110. The highest BCUT2D eigenvalue weighted by Gasteiger charge is 2.40. The molecule has 2 fully saturated rings. The van der Waals surface area contributed by atoms with Crippen LogP contribution in [0.3, 0.4) is 0 Å². The first-order valence-electron chi connectivity index (χ1n) is 10.1. The van der Waals surface area contributed by atoms with E-state index >= 15 is 0 Å². The van der Waals surface area contributed by atoms with Crippen LogP contribution in [0, 0.1) is 11.7 Å². The van der Waals surface area contributed by atoms with E-state index in [1.807, 2.05) is 0 Å². The maximum Gasteiger partial charge on any atom is 0.228 e. The Hall–Kier alpha value is -2.45. The Morgan fingerprint density at radius 2 is 1.77 bits per heavy atom. The Labute approximate surface area is 185 Å². The summed E-state index contributed by atoms with van der Waals surface area (Å²) in [5, 5.41) is -0.368. The van der Waals surface area contributed by atoms with Gasteiger partial charge in [0.15, 0.2) is 9.84 Å². The maximum absolute atomic E-state index is 13.2. The van der Waals surface area contributed by atoms with E-state index in [1.165, 1.54) is 29.2 Å². The van der Waals surface area contributed by atoms with Crippen LogP contribution in [0.5, 0.6) is 0 Å². The van der Waals surface area contributed by atoms with Crippen molar-refractivity contribution in [2.75, 3.05) is 30.3 Å². The fraction of sp³-hybridized carbons (Fsp3) is 0.364. The number of hydrogen-bond acceptors (Lipinski definition) is 4. The largest absolute Gasteiger partial charge is 0.341 e. The zero-order valence-electron chi connectivity index (χ0n) is 16.7. The molecule has 0 radical (unpaired) electrons. The summed E-state index contributed by atoms with van der Waals surface area (Å²) in [6.45, 7) is 0.555. The van der Waals surface area contributed by atoms with Gasteiger partial charge in [0.2, 0.25) is 11.8 Å². The average molecular weight is 465 g/mol. The van der Waals surface area contributed by atoms with E-state index in [4.69, 9.17) is 11.6 Å². The molecule has 0 aliphatic carbocycles. The Kier molecular flexibility index (Phi) is 6.03. The summed E-state index contributed by atoms with van der Waals surface area (Å²) in [6, 6.07) is 12.4. The van der Waals surface area contributed by atoms with Crippen LogP contribution in [0.25, 0.3) is 0 Å². The predicted octanol–water partition coefficient (Wildman–Crippen LogP) is 3.22. The molecular weight excluding hydrogens is 443 g/mol. The first-order valence-corrected chi connectivity index (χ1v) is 12.2. The highest BCUT2D eigenvalue weighted by molar-refractivity contribution is 7.91. The molecule has 0 bridgehead atoms.